The highest BCUT2D eigenvalue weighted by molar-refractivity contribution is 7.03. The third kappa shape index (κ3) is 3.55. The van der Waals surface area contributed by atoms with Gasteiger partial charge in [-0.05, 0) is 60.1 Å². The molecule has 0 fully saturated rings. The van der Waals surface area contributed by atoms with E-state index in [1.54, 1.807) is 31.4 Å². The molecule has 5 nitrogen and oxygen atoms in total. The quantitative estimate of drug-likeness (QED) is 0.718. The molecule has 0 aliphatic rings. The Morgan fingerprint density at radius 1 is 1.17 bits per heavy atom. The highest BCUT2D eigenvalue weighted by Gasteiger charge is 2.09. The van der Waals surface area contributed by atoms with Gasteiger partial charge in [-0.2, -0.15) is 9.98 Å². The van der Waals surface area contributed by atoms with Crippen molar-refractivity contribution in [3.63, 3.8) is 0 Å². The molecule has 2 aromatic carbocycles. The molecule has 0 bridgehead atoms. The molecule has 0 aliphatic carbocycles. The molecule has 0 saturated heterocycles. The van der Waals surface area contributed by atoms with E-state index in [0.29, 0.717) is 15.4 Å². The van der Waals surface area contributed by atoms with Gasteiger partial charge in [0.25, 0.3) is 5.91 Å². The molecule has 0 saturated carbocycles. The Hall–Kier alpha value is -2.44. The summed E-state index contributed by atoms with van der Waals surface area (Å²) >= 11 is 7.13. The third-order valence-corrected chi connectivity index (χ3v) is 4.40. The van der Waals surface area contributed by atoms with Gasteiger partial charge in [0.15, 0.2) is 5.82 Å². The number of carbonyl (C=O) groups is 1. The summed E-state index contributed by atoms with van der Waals surface area (Å²) in [7, 11) is 3.50. The minimum atomic E-state index is -0.345. The Balaban J connectivity index is 1.92. The lowest BCUT2D eigenvalue weighted by molar-refractivity contribution is 0.0998. The maximum absolute atomic E-state index is 12.2. The number of halogens is 1. The summed E-state index contributed by atoms with van der Waals surface area (Å²) < 4.78 is 7.02. The second kappa shape index (κ2) is 6.98. The van der Waals surface area contributed by atoms with Crippen LogP contribution in [0.4, 0.5) is 0 Å². The van der Waals surface area contributed by atoms with Crippen molar-refractivity contribution in [2.45, 2.75) is 0 Å². The Labute approximate surface area is 148 Å². The van der Waals surface area contributed by atoms with E-state index < -0.39 is 0 Å². The van der Waals surface area contributed by atoms with Gasteiger partial charge in [0.05, 0.1) is 7.11 Å². The number of aryl methyl sites for hydroxylation is 1. The number of hydrogen-bond donors (Lipinski definition) is 0. The number of nitrogens with zero attached hydrogens (tertiary/aromatic N) is 3. The molecule has 0 atom stereocenters. The van der Waals surface area contributed by atoms with E-state index in [9.17, 15) is 4.79 Å². The van der Waals surface area contributed by atoms with Crippen LogP contribution >= 0.6 is 23.1 Å². The summed E-state index contributed by atoms with van der Waals surface area (Å²) in [6, 6.07) is 14.2. The van der Waals surface area contributed by atoms with Crippen molar-refractivity contribution < 1.29 is 9.53 Å². The molecule has 0 aliphatic heterocycles. The largest absolute Gasteiger partial charge is 0.497 e. The molecule has 0 N–H and O–H groups in total. The number of methoxy groups -OCH3 is 1. The maximum Gasteiger partial charge on any atom is 0.279 e. The molecule has 1 aromatic heterocycles. The van der Waals surface area contributed by atoms with Crippen molar-refractivity contribution in [2.24, 2.45) is 12.0 Å². The lowest BCUT2D eigenvalue weighted by atomic mass is 10.2. The van der Waals surface area contributed by atoms with E-state index in [1.165, 1.54) is 11.5 Å². The summed E-state index contributed by atoms with van der Waals surface area (Å²) in [5.41, 5.74) is 1.40. The van der Waals surface area contributed by atoms with Crippen molar-refractivity contribution in [1.29, 1.82) is 0 Å². The topological polar surface area (TPSA) is 56.5 Å². The van der Waals surface area contributed by atoms with Crippen molar-refractivity contribution in [1.82, 2.24) is 8.94 Å². The van der Waals surface area contributed by atoms with Gasteiger partial charge < -0.3 is 4.74 Å². The third-order valence-electron chi connectivity index (χ3n) is 3.35. The molecule has 0 spiro atoms. The van der Waals surface area contributed by atoms with Gasteiger partial charge in [0, 0.05) is 23.2 Å². The fourth-order valence-corrected chi connectivity index (χ4v) is 2.98. The average molecular weight is 360 g/mol. The minimum absolute atomic E-state index is 0.345. The number of carbonyl (C=O) groups excluding carboxylic acids is 1. The smallest absolute Gasteiger partial charge is 0.279 e. The van der Waals surface area contributed by atoms with Crippen LogP contribution in [0, 0.1) is 0 Å². The van der Waals surface area contributed by atoms with Crippen LogP contribution in [-0.2, 0) is 7.05 Å². The Bertz CT molecular complexity index is 928. The molecular weight excluding hydrogens is 346 g/mol. The number of hydrogen-bond acceptors (Lipinski definition) is 4. The van der Waals surface area contributed by atoms with Crippen LogP contribution in [-0.4, -0.2) is 22.0 Å². The maximum atomic E-state index is 12.2. The van der Waals surface area contributed by atoms with E-state index in [1.807, 2.05) is 35.3 Å². The van der Waals surface area contributed by atoms with E-state index in [4.69, 9.17) is 16.3 Å². The zero-order valence-electron chi connectivity index (χ0n) is 13.1. The fourth-order valence-electron chi connectivity index (χ4n) is 2.12. The molecule has 0 unspecified atom stereocenters. The molecule has 3 rings (SSSR count). The number of rotatable bonds is 3. The van der Waals surface area contributed by atoms with Crippen LogP contribution in [0.3, 0.4) is 0 Å². The van der Waals surface area contributed by atoms with Crippen molar-refractivity contribution >= 4 is 29.0 Å². The van der Waals surface area contributed by atoms with Gasteiger partial charge in [-0.25, -0.2) is 0 Å². The Kier molecular flexibility index (Phi) is 4.78. The Morgan fingerprint density at radius 3 is 2.46 bits per heavy atom. The minimum Gasteiger partial charge on any atom is -0.497 e. The fraction of sp³-hybridized carbons (Fsp3) is 0.118. The first kappa shape index (κ1) is 16.4. The van der Waals surface area contributed by atoms with E-state index in [-0.39, 0.29) is 5.91 Å². The van der Waals surface area contributed by atoms with Gasteiger partial charge in [-0.1, -0.05) is 11.6 Å². The molecule has 1 heterocycles. The van der Waals surface area contributed by atoms with Crippen LogP contribution < -0.4 is 9.54 Å². The van der Waals surface area contributed by atoms with Crippen LogP contribution in [0.15, 0.2) is 53.5 Å². The van der Waals surface area contributed by atoms with Crippen LogP contribution in [0.2, 0.25) is 5.02 Å². The molecular formula is C17H14ClN3O2S. The van der Waals surface area contributed by atoms with Crippen LogP contribution in [0.25, 0.3) is 11.4 Å². The van der Waals surface area contributed by atoms with Gasteiger partial charge in [-0.15, -0.1) is 0 Å². The lowest BCUT2D eigenvalue weighted by Gasteiger charge is -2.02. The average Bonchev–Trinajstić information content (AvgIpc) is 2.95. The SMILES string of the molecule is COc1ccc(-c2nc(=NC(=O)c3ccc(Cl)cc3)sn2C)cc1. The summed E-state index contributed by atoms with van der Waals surface area (Å²) in [6.45, 7) is 0. The van der Waals surface area contributed by atoms with Gasteiger partial charge in [0.2, 0.25) is 4.80 Å². The van der Waals surface area contributed by atoms with Gasteiger partial charge in [0.1, 0.15) is 5.75 Å². The van der Waals surface area contributed by atoms with Crippen molar-refractivity contribution in [3.8, 4) is 17.1 Å². The number of aromatic nitrogens is 2. The number of benzene rings is 2. The van der Waals surface area contributed by atoms with E-state index in [2.05, 4.69) is 9.98 Å². The molecule has 24 heavy (non-hydrogen) atoms. The molecule has 3 aromatic rings. The summed E-state index contributed by atoms with van der Waals surface area (Å²) in [4.78, 5) is 21.1. The summed E-state index contributed by atoms with van der Waals surface area (Å²) in [5, 5.41) is 0.578. The first-order chi connectivity index (χ1) is 11.6. The Morgan fingerprint density at radius 2 is 1.83 bits per heavy atom. The van der Waals surface area contributed by atoms with Crippen molar-refractivity contribution in [2.75, 3.05) is 7.11 Å². The van der Waals surface area contributed by atoms with E-state index in [0.717, 1.165) is 17.1 Å². The molecule has 7 heteroatoms. The van der Waals surface area contributed by atoms with Gasteiger partial charge >= 0.3 is 0 Å². The van der Waals surface area contributed by atoms with Crippen LogP contribution in [0.1, 0.15) is 10.4 Å². The molecule has 0 radical (unpaired) electrons. The predicted octanol–water partition coefficient (Wildman–Crippen LogP) is 3.55. The zero-order valence-corrected chi connectivity index (χ0v) is 14.6. The summed E-state index contributed by atoms with van der Waals surface area (Å²) in [6.07, 6.45) is 0. The van der Waals surface area contributed by atoms with Crippen LogP contribution in [0.5, 0.6) is 5.75 Å². The lowest BCUT2D eigenvalue weighted by Crippen LogP contribution is -2.05. The monoisotopic (exact) mass is 359 g/mol. The highest BCUT2D eigenvalue weighted by atomic mass is 35.5. The predicted molar refractivity (Wildman–Crippen MR) is 94.4 cm³/mol. The first-order valence-corrected chi connectivity index (χ1v) is 8.25. The van der Waals surface area contributed by atoms with Gasteiger partial charge in [-0.3, -0.25) is 8.75 Å². The standard InChI is InChI=1S/C17H14ClN3O2S/c1-21-15(11-5-9-14(23-2)10-6-11)19-17(24-21)20-16(22)12-3-7-13(18)8-4-12/h3-10H,1-2H3. The second-order valence-corrected chi connectivity index (χ2v) is 6.49. The molecule has 1 amide bonds. The zero-order chi connectivity index (χ0) is 17.1. The highest BCUT2D eigenvalue weighted by Crippen LogP contribution is 2.20. The normalized spacial score (nSPS) is 11.5. The molecule has 122 valence electrons. The second-order valence-electron chi connectivity index (χ2n) is 4.96. The summed E-state index contributed by atoms with van der Waals surface area (Å²) in [5.74, 6) is 1.17. The number of ether oxygens (including phenoxy) is 1. The van der Waals surface area contributed by atoms with Crippen molar-refractivity contribution in [3.05, 3.63) is 63.9 Å². The number of amides is 1. The first-order valence-electron chi connectivity index (χ1n) is 7.10. The van der Waals surface area contributed by atoms with E-state index >= 15 is 0 Å².